The van der Waals surface area contributed by atoms with Gasteiger partial charge in [0.15, 0.2) is 10.8 Å². The molecule has 1 fully saturated rings. The van der Waals surface area contributed by atoms with Gasteiger partial charge in [0.2, 0.25) is 5.78 Å². The van der Waals surface area contributed by atoms with Crippen LogP contribution in [0.4, 0.5) is 4.39 Å². The molecule has 1 saturated heterocycles. The maximum atomic E-state index is 14.3. The first-order valence-electron chi connectivity index (χ1n) is 8.78. The molecule has 0 atom stereocenters. The second-order valence-corrected chi connectivity index (χ2v) is 7.44. The number of benzene rings is 1. The van der Waals surface area contributed by atoms with E-state index in [0.29, 0.717) is 31.1 Å². The Hall–Kier alpha value is -2.06. The van der Waals surface area contributed by atoms with E-state index in [-0.39, 0.29) is 21.4 Å². The molecule has 0 saturated carbocycles. The Labute approximate surface area is 170 Å². The number of imidazole rings is 1. The topological polar surface area (TPSA) is 59.7 Å². The van der Waals surface area contributed by atoms with Gasteiger partial charge in [-0.15, -0.1) is 0 Å². The Balaban J connectivity index is 1.79. The van der Waals surface area contributed by atoms with E-state index in [1.54, 1.807) is 13.0 Å². The lowest BCUT2D eigenvalue weighted by molar-refractivity contribution is 0.0343. The molecule has 0 radical (unpaired) electrons. The number of hydrogen-bond donors (Lipinski definition) is 0. The fourth-order valence-corrected chi connectivity index (χ4v) is 3.70. The van der Waals surface area contributed by atoms with Crippen LogP contribution in [-0.2, 0) is 11.3 Å². The highest BCUT2D eigenvalue weighted by Crippen LogP contribution is 2.24. The maximum absolute atomic E-state index is 14.3. The number of rotatable bonds is 4. The van der Waals surface area contributed by atoms with Crippen LogP contribution < -0.4 is 0 Å². The van der Waals surface area contributed by atoms with Crippen molar-refractivity contribution in [2.45, 2.75) is 13.5 Å². The lowest BCUT2D eigenvalue weighted by Gasteiger charge is -2.26. The number of morpholine rings is 1. The maximum Gasteiger partial charge on any atom is 0.216 e. The zero-order chi connectivity index (χ0) is 19.8. The van der Waals surface area contributed by atoms with Crippen molar-refractivity contribution in [3.63, 3.8) is 0 Å². The normalized spacial score (nSPS) is 15.3. The molecule has 3 heterocycles. The summed E-state index contributed by atoms with van der Waals surface area (Å²) in [5.74, 6) is -1.21. The monoisotopic (exact) mass is 422 g/mol. The smallest absolute Gasteiger partial charge is 0.216 e. The van der Waals surface area contributed by atoms with Gasteiger partial charge in [0.1, 0.15) is 11.5 Å². The Bertz CT molecular complexity index is 1060. The summed E-state index contributed by atoms with van der Waals surface area (Å²) in [5.41, 5.74) is 1.93. The number of halogens is 3. The van der Waals surface area contributed by atoms with E-state index in [0.717, 1.165) is 24.7 Å². The van der Waals surface area contributed by atoms with Gasteiger partial charge in [-0.2, -0.15) is 5.10 Å². The number of nitrogens with zero attached hydrogens (tertiary/aromatic N) is 4. The summed E-state index contributed by atoms with van der Waals surface area (Å²) in [6.07, 6.45) is 0. The van der Waals surface area contributed by atoms with E-state index in [2.05, 4.69) is 15.0 Å². The second kappa shape index (κ2) is 7.75. The third-order valence-corrected chi connectivity index (χ3v) is 5.11. The molecule has 146 valence electrons. The average Bonchev–Trinajstić information content (AvgIpc) is 2.98. The average molecular weight is 423 g/mol. The predicted molar refractivity (Wildman–Crippen MR) is 104 cm³/mol. The van der Waals surface area contributed by atoms with Crippen molar-refractivity contribution < 1.29 is 13.9 Å². The number of aromatic nitrogens is 3. The van der Waals surface area contributed by atoms with Crippen molar-refractivity contribution in [2.24, 2.45) is 0 Å². The molecule has 0 bridgehead atoms. The number of carbonyl (C=O) groups excluding carboxylic acids is 1. The predicted octanol–water partition coefficient (Wildman–Crippen LogP) is 3.55. The Kier molecular flexibility index (Phi) is 5.33. The van der Waals surface area contributed by atoms with Gasteiger partial charge in [0.05, 0.1) is 24.5 Å². The van der Waals surface area contributed by atoms with Gasteiger partial charge in [0, 0.05) is 30.2 Å². The van der Waals surface area contributed by atoms with Crippen LogP contribution in [0.5, 0.6) is 0 Å². The zero-order valence-electron chi connectivity index (χ0n) is 15.1. The summed E-state index contributed by atoms with van der Waals surface area (Å²) in [5, 5.41) is 4.71. The molecule has 9 heteroatoms. The third-order valence-electron chi connectivity index (χ3n) is 4.69. The Morgan fingerprint density at radius 2 is 2.00 bits per heavy atom. The molecule has 1 aromatic carbocycles. The van der Waals surface area contributed by atoms with E-state index in [1.165, 1.54) is 16.6 Å². The number of ether oxygens (including phenoxy) is 1. The van der Waals surface area contributed by atoms with Gasteiger partial charge in [0.25, 0.3) is 0 Å². The number of carbonyl (C=O) groups is 1. The highest BCUT2D eigenvalue weighted by Gasteiger charge is 2.24. The van der Waals surface area contributed by atoms with Crippen molar-refractivity contribution >= 4 is 34.6 Å². The second-order valence-electron chi connectivity index (χ2n) is 6.62. The largest absolute Gasteiger partial charge is 0.379 e. The van der Waals surface area contributed by atoms with Crippen LogP contribution in [0.2, 0.25) is 10.2 Å². The van der Waals surface area contributed by atoms with Gasteiger partial charge in [-0.1, -0.05) is 23.2 Å². The van der Waals surface area contributed by atoms with E-state index in [1.807, 2.05) is 0 Å². The molecular weight excluding hydrogens is 406 g/mol. The number of ketones is 1. The van der Waals surface area contributed by atoms with Crippen molar-refractivity contribution in [2.75, 3.05) is 26.3 Å². The van der Waals surface area contributed by atoms with Crippen molar-refractivity contribution in [3.05, 3.63) is 62.8 Å². The van der Waals surface area contributed by atoms with Crippen LogP contribution in [0.15, 0.2) is 24.3 Å². The molecule has 0 spiro atoms. The van der Waals surface area contributed by atoms with Crippen molar-refractivity contribution in [3.8, 4) is 0 Å². The van der Waals surface area contributed by atoms with Crippen molar-refractivity contribution in [1.29, 1.82) is 0 Å². The summed E-state index contributed by atoms with van der Waals surface area (Å²) >= 11 is 12.0. The van der Waals surface area contributed by atoms with E-state index < -0.39 is 11.6 Å². The zero-order valence-corrected chi connectivity index (χ0v) is 16.6. The summed E-state index contributed by atoms with van der Waals surface area (Å²) in [6.45, 7) is 5.24. The molecule has 0 unspecified atom stereocenters. The van der Waals surface area contributed by atoms with E-state index in [4.69, 9.17) is 27.9 Å². The first-order valence-corrected chi connectivity index (χ1v) is 9.54. The molecule has 1 aliphatic heterocycles. The Morgan fingerprint density at radius 1 is 1.25 bits per heavy atom. The molecule has 6 nitrogen and oxygen atoms in total. The standard InChI is InChI=1S/C19H17Cl2FN4O2/c1-11-17(18(27)14-3-2-13(20)9-15(14)22)26-19(23-11)12(8-16(21)24-26)10-25-4-6-28-7-5-25/h2-3,8-9H,4-7,10H2,1H3. The van der Waals surface area contributed by atoms with Crippen LogP contribution in [-0.4, -0.2) is 51.6 Å². The summed E-state index contributed by atoms with van der Waals surface area (Å²) in [7, 11) is 0. The summed E-state index contributed by atoms with van der Waals surface area (Å²) in [4.78, 5) is 19.8. The molecule has 4 rings (SSSR count). The lowest BCUT2D eigenvalue weighted by atomic mass is 10.1. The minimum Gasteiger partial charge on any atom is -0.379 e. The summed E-state index contributed by atoms with van der Waals surface area (Å²) in [6, 6.07) is 5.69. The highest BCUT2D eigenvalue weighted by molar-refractivity contribution is 6.30. The third kappa shape index (κ3) is 3.63. The molecule has 0 N–H and O–H groups in total. The van der Waals surface area contributed by atoms with Crippen LogP contribution in [0.25, 0.3) is 5.65 Å². The first kappa shape index (κ1) is 19.3. The van der Waals surface area contributed by atoms with E-state index in [9.17, 15) is 9.18 Å². The molecule has 28 heavy (non-hydrogen) atoms. The van der Waals surface area contributed by atoms with Crippen LogP contribution >= 0.6 is 23.2 Å². The minimum atomic E-state index is -0.692. The molecular formula is C19H17Cl2FN4O2. The molecule has 0 amide bonds. The van der Waals surface area contributed by atoms with Crippen molar-refractivity contribution in [1.82, 2.24) is 19.5 Å². The van der Waals surface area contributed by atoms with Gasteiger partial charge in [-0.25, -0.2) is 13.9 Å². The fourth-order valence-electron chi connectivity index (χ4n) is 3.33. The number of aryl methyl sites for hydroxylation is 1. The molecule has 3 aromatic rings. The first-order chi connectivity index (χ1) is 13.4. The van der Waals surface area contributed by atoms with Crippen LogP contribution in [0.3, 0.4) is 0 Å². The van der Waals surface area contributed by atoms with Crippen LogP contribution in [0, 0.1) is 12.7 Å². The quantitative estimate of drug-likeness (QED) is 0.601. The van der Waals surface area contributed by atoms with Gasteiger partial charge >= 0.3 is 0 Å². The number of hydrogen-bond acceptors (Lipinski definition) is 5. The molecule has 1 aliphatic rings. The summed E-state index contributed by atoms with van der Waals surface area (Å²) < 4.78 is 21.1. The Morgan fingerprint density at radius 3 is 2.71 bits per heavy atom. The van der Waals surface area contributed by atoms with Gasteiger partial charge < -0.3 is 4.74 Å². The SMILES string of the molecule is Cc1nc2c(CN3CCOCC3)cc(Cl)nn2c1C(=O)c1ccc(Cl)cc1F. The number of fused-ring (bicyclic) bond motifs is 1. The van der Waals surface area contributed by atoms with Crippen LogP contribution in [0.1, 0.15) is 27.3 Å². The molecule has 2 aromatic heterocycles. The fraction of sp³-hybridized carbons (Fsp3) is 0.316. The highest BCUT2D eigenvalue weighted by atomic mass is 35.5. The van der Waals surface area contributed by atoms with Gasteiger partial charge in [-0.05, 0) is 31.2 Å². The minimum absolute atomic E-state index is 0.0918. The molecule has 0 aliphatic carbocycles. The lowest BCUT2D eigenvalue weighted by Crippen LogP contribution is -2.35. The van der Waals surface area contributed by atoms with E-state index >= 15 is 0 Å². The van der Waals surface area contributed by atoms with Gasteiger partial charge in [-0.3, -0.25) is 9.69 Å².